The Labute approximate surface area is 131 Å². The summed E-state index contributed by atoms with van der Waals surface area (Å²) in [7, 11) is 0. The molecule has 0 saturated heterocycles. The molecule has 1 aromatic heterocycles. The molecule has 3 nitrogen and oxygen atoms in total. The van der Waals surface area contributed by atoms with Gasteiger partial charge in [0, 0.05) is 18.8 Å². The van der Waals surface area contributed by atoms with Gasteiger partial charge in [-0.2, -0.15) is 0 Å². The van der Waals surface area contributed by atoms with Crippen molar-refractivity contribution in [2.24, 2.45) is 0 Å². The minimum absolute atomic E-state index is 0.463. The molecule has 0 spiro atoms. The quantitative estimate of drug-likeness (QED) is 0.749. The highest BCUT2D eigenvalue weighted by atomic mass is 35.5. The number of halogens is 1. The van der Waals surface area contributed by atoms with E-state index in [-0.39, 0.29) is 0 Å². The average molecular weight is 307 g/mol. The fourth-order valence-electron chi connectivity index (χ4n) is 3.19. The van der Waals surface area contributed by atoms with Gasteiger partial charge in [0.2, 0.25) is 0 Å². The van der Waals surface area contributed by atoms with Gasteiger partial charge >= 0.3 is 0 Å². The number of imidazole rings is 1. The van der Waals surface area contributed by atoms with Crippen LogP contribution in [0.5, 0.6) is 0 Å². The molecule has 2 aromatic rings. The zero-order valence-corrected chi connectivity index (χ0v) is 13.2. The third kappa shape index (κ3) is 3.58. The van der Waals surface area contributed by atoms with Crippen molar-refractivity contribution >= 4 is 22.6 Å². The standard InChI is InChI=1S/C17H23ClN2O/c18-11-10-17-19-15-8-4-5-9-16(15)20(17)12-13-21-14-6-2-1-3-7-14/h4-5,8-9,14H,1-3,6-7,10-13H2. The van der Waals surface area contributed by atoms with Crippen molar-refractivity contribution in [2.45, 2.75) is 51.2 Å². The monoisotopic (exact) mass is 306 g/mol. The van der Waals surface area contributed by atoms with Gasteiger partial charge in [0.25, 0.3) is 0 Å². The first-order valence-electron chi connectivity index (χ1n) is 8.00. The normalized spacial score (nSPS) is 16.6. The van der Waals surface area contributed by atoms with Crippen LogP contribution in [0.15, 0.2) is 24.3 Å². The van der Waals surface area contributed by atoms with Crippen LogP contribution in [-0.4, -0.2) is 28.1 Å². The van der Waals surface area contributed by atoms with Gasteiger partial charge in [0.05, 0.1) is 23.7 Å². The highest BCUT2D eigenvalue weighted by Gasteiger charge is 2.14. The van der Waals surface area contributed by atoms with E-state index in [0.717, 1.165) is 30.9 Å². The maximum absolute atomic E-state index is 6.06. The van der Waals surface area contributed by atoms with Crippen molar-refractivity contribution in [3.05, 3.63) is 30.1 Å². The molecule has 1 heterocycles. The van der Waals surface area contributed by atoms with Crippen molar-refractivity contribution in [3.8, 4) is 0 Å². The second-order valence-corrected chi connectivity index (χ2v) is 6.12. The van der Waals surface area contributed by atoms with Gasteiger partial charge in [-0.1, -0.05) is 31.4 Å². The summed E-state index contributed by atoms with van der Waals surface area (Å²) in [4.78, 5) is 4.69. The Morgan fingerprint density at radius 2 is 2.00 bits per heavy atom. The number of hydrogen-bond acceptors (Lipinski definition) is 2. The van der Waals surface area contributed by atoms with Gasteiger partial charge in [-0.15, -0.1) is 11.6 Å². The number of aryl methyl sites for hydroxylation is 1. The Hall–Kier alpha value is -1.06. The molecule has 1 aromatic carbocycles. The summed E-state index contributed by atoms with van der Waals surface area (Å²) in [6.07, 6.45) is 7.71. The van der Waals surface area contributed by atoms with E-state index in [9.17, 15) is 0 Å². The van der Waals surface area contributed by atoms with E-state index in [1.54, 1.807) is 0 Å². The maximum atomic E-state index is 6.06. The number of ether oxygens (including phenoxy) is 1. The lowest BCUT2D eigenvalue weighted by molar-refractivity contribution is 0.0242. The fourth-order valence-corrected chi connectivity index (χ4v) is 3.36. The SMILES string of the molecule is ClCCc1nc2ccccc2n1CCOC1CCCCC1. The molecular weight excluding hydrogens is 284 g/mol. The number of benzene rings is 1. The summed E-state index contributed by atoms with van der Waals surface area (Å²) in [5, 5.41) is 0. The van der Waals surface area contributed by atoms with Crippen LogP contribution < -0.4 is 0 Å². The van der Waals surface area contributed by atoms with E-state index in [4.69, 9.17) is 21.3 Å². The number of para-hydroxylation sites is 2. The van der Waals surface area contributed by atoms with Crippen LogP contribution in [0.2, 0.25) is 0 Å². The van der Waals surface area contributed by atoms with Gasteiger partial charge in [0.1, 0.15) is 5.82 Å². The molecule has 0 bridgehead atoms. The van der Waals surface area contributed by atoms with Crippen LogP contribution in [0.1, 0.15) is 37.9 Å². The van der Waals surface area contributed by atoms with Crippen LogP contribution in [0.25, 0.3) is 11.0 Å². The highest BCUT2D eigenvalue weighted by Crippen LogP contribution is 2.21. The molecule has 1 aliphatic carbocycles. The first-order valence-corrected chi connectivity index (χ1v) is 8.53. The predicted molar refractivity (Wildman–Crippen MR) is 87.0 cm³/mol. The number of rotatable bonds is 6. The molecule has 1 saturated carbocycles. The number of hydrogen-bond donors (Lipinski definition) is 0. The topological polar surface area (TPSA) is 27.1 Å². The fraction of sp³-hybridized carbons (Fsp3) is 0.588. The van der Waals surface area contributed by atoms with E-state index in [2.05, 4.69) is 22.8 Å². The lowest BCUT2D eigenvalue weighted by atomic mass is 9.98. The third-order valence-electron chi connectivity index (χ3n) is 4.27. The van der Waals surface area contributed by atoms with E-state index in [0.29, 0.717) is 12.0 Å². The first kappa shape index (κ1) is 14.9. The zero-order valence-electron chi connectivity index (χ0n) is 12.4. The second kappa shape index (κ2) is 7.28. The van der Waals surface area contributed by atoms with Crippen molar-refractivity contribution in [1.29, 1.82) is 0 Å². The van der Waals surface area contributed by atoms with Crippen molar-refractivity contribution in [2.75, 3.05) is 12.5 Å². The molecule has 0 amide bonds. The Balaban J connectivity index is 1.68. The Kier molecular flexibility index (Phi) is 5.15. The molecule has 0 N–H and O–H groups in total. The van der Waals surface area contributed by atoms with Gasteiger partial charge in [-0.05, 0) is 25.0 Å². The summed E-state index contributed by atoms with van der Waals surface area (Å²) < 4.78 is 8.32. The molecule has 4 heteroatoms. The van der Waals surface area contributed by atoms with Gasteiger partial charge < -0.3 is 9.30 Å². The zero-order chi connectivity index (χ0) is 14.5. The molecular formula is C17H23ClN2O. The molecule has 1 fully saturated rings. The predicted octanol–water partition coefficient (Wildman–Crippen LogP) is 4.17. The third-order valence-corrected chi connectivity index (χ3v) is 4.46. The summed E-state index contributed by atoms with van der Waals surface area (Å²) in [5.41, 5.74) is 2.24. The molecule has 0 aliphatic heterocycles. The lowest BCUT2D eigenvalue weighted by Gasteiger charge is -2.22. The molecule has 0 atom stereocenters. The number of fused-ring (bicyclic) bond motifs is 1. The minimum atomic E-state index is 0.463. The van der Waals surface area contributed by atoms with Crippen molar-refractivity contribution in [1.82, 2.24) is 9.55 Å². The van der Waals surface area contributed by atoms with Crippen LogP contribution >= 0.6 is 11.6 Å². The van der Waals surface area contributed by atoms with Crippen LogP contribution in [0.3, 0.4) is 0 Å². The Morgan fingerprint density at radius 1 is 1.19 bits per heavy atom. The summed E-state index contributed by atoms with van der Waals surface area (Å²) in [6, 6.07) is 8.28. The number of nitrogens with zero attached hydrogens (tertiary/aromatic N) is 2. The van der Waals surface area contributed by atoms with Gasteiger partial charge in [-0.25, -0.2) is 4.98 Å². The molecule has 3 rings (SSSR count). The highest BCUT2D eigenvalue weighted by molar-refractivity contribution is 6.17. The minimum Gasteiger partial charge on any atom is -0.376 e. The lowest BCUT2D eigenvalue weighted by Crippen LogP contribution is -2.20. The Bertz CT molecular complexity index is 575. The van der Waals surface area contributed by atoms with Crippen molar-refractivity contribution < 1.29 is 4.74 Å². The molecule has 0 radical (unpaired) electrons. The Morgan fingerprint density at radius 3 is 2.81 bits per heavy atom. The van der Waals surface area contributed by atoms with Crippen LogP contribution in [-0.2, 0) is 17.7 Å². The van der Waals surface area contributed by atoms with E-state index < -0.39 is 0 Å². The van der Waals surface area contributed by atoms with Crippen molar-refractivity contribution in [3.63, 3.8) is 0 Å². The summed E-state index contributed by atoms with van der Waals surface area (Å²) >= 11 is 5.91. The maximum Gasteiger partial charge on any atom is 0.111 e. The summed E-state index contributed by atoms with van der Waals surface area (Å²) in [6.45, 7) is 1.63. The molecule has 21 heavy (non-hydrogen) atoms. The van der Waals surface area contributed by atoms with Gasteiger partial charge in [0.15, 0.2) is 0 Å². The smallest absolute Gasteiger partial charge is 0.111 e. The van der Waals surface area contributed by atoms with Gasteiger partial charge in [-0.3, -0.25) is 0 Å². The second-order valence-electron chi connectivity index (χ2n) is 5.74. The summed E-state index contributed by atoms with van der Waals surface area (Å²) in [5.74, 6) is 1.67. The largest absolute Gasteiger partial charge is 0.376 e. The average Bonchev–Trinajstić information content (AvgIpc) is 2.87. The van der Waals surface area contributed by atoms with E-state index in [1.807, 2.05) is 6.07 Å². The molecule has 1 aliphatic rings. The molecule has 0 unspecified atom stereocenters. The van der Waals surface area contributed by atoms with E-state index in [1.165, 1.54) is 37.6 Å². The van der Waals surface area contributed by atoms with Crippen LogP contribution in [0.4, 0.5) is 0 Å². The molecule has 114 valence electrons. The van der Waals surface area contributed by atoms with E-state index >= 15 is 0 Å². The number of alkyl halides is 1. The number of aromatic nitrogens is 2. The first-order chi connectivity index (χ1) is 10.4. The van der Waals surface area contributed by atoms with Crippen LogP contribution in [0, 0.1) is 0 Å².